The molecule has 172 valence electrons. The van der Waals surface area contributed by atoms with Gasteiger partial charge in [0.1, 0.15) is 0 Å². The molecule has 1 atom stereocenters. The number of fused-ring (bicyclic) bond motifs is 1. The molecule has 2 aromatic carbocycles. The number of esters is 1. The Kier molecular flexibility index (Phi) is 7.41. The molecule has 0 bridgehead atoms. The van der Waals surface area contributed by atoms with E-state index in [2.05, 4.69) is 10.3 Å². The number of nitrogens with one attached hydrogen (secondary N) is 1. The van der Waals surface area contributed by atoms with Crippen LogP contribution >= 0.6 is 11.8 Å². The predicted molar refractivity (Wildman–Crippen MR) is 127 cm³/mol. The van der Waals surface area contributed by atoms with Gasteiger partial charge in [0, 0.05) is 6.61 Å². The van der Waals surface area contributed by atoms with Gasteiger partial charge in [-0.2, -0.15) is 0 Å². The number of hydrogen-bond acceptors (Lipinski definition) is 7. The van der Waals surface area contributed by atoms with Crippen LogP contribution in [-0.4, -0.2) is 46.5 Å². The van der Waals surface area contributed by atoms with E-state index in [1.165, 1.54) is 11.8 Å². The summed E-state index contributed by atoms with van der Waals surface area (Å²) in [6, 6.07) is 13.9. The first-order chi connectivity index (χ1) is 16.1. The molecule has 0 spiro atoms. The monoisotopic (exact) mass is 467 g/mol. The summed E-state index contributed by atoms with van der Waals surface area (Å²) in [7, 11) is 0. The van der Waals surface area contributed by atoms with Gasteiger partial charge in [-0.05, 0) is 44.0 Å². The molecule has 33 heavy (non-hydrogen) atoms. The molecule has 1 N–H and O–H groups in total. The van der Waals surface area contributed by atoms with Gasteiger partial charge in [-0.25, -0.2) is 9.78 Å². The van der Waals surface area contributed by atoms with Crippen LogP contribution in [0.2, 0.25) is 0 Å². The lowest BCUT2D eigenvalue weighted by molar-refractivity contribution is -0.113. The summed E-state index contributed by atoms with van der Waals surface area (Å²) in [6.07, 6.45) is 1.80. The zero-order valence-corrected chi connectivity index (χ0v) is 19.1. The largest absolute Gasteiger partial charge is 0.462 e. The molecular weight excluding hydrogens is 442 g/mol. The number of ether oxygens (including phenoxy) is 2. The van der Waals surface area contributed by atoms with Crippen LogP contribution in [0.4, 0.5) is 5.69 Å². The topological polar surface area (TPSA) is 99.5 Å². The van der Waals surface area contributed by atoms with E-state index in [0.717, 1.165) is 12.8 Å². The zero-order chi connectivity index (χ0) is 23.2. The predicted octanol–water partition coefficient (Wildman–Crippen LogP) is 3.48. The smallest absolute Gasteiger partial charge is 0.340 e. The number of thioether (sulfide) groups is 1. The first-order valence-corrected chi connectivity index (χ1v) is 11.9. The summed E-state index contributed by atoms with van der Waals surface area (Å²) in [6.45, 7) is 3.05. The minimum absolute atomic E-state index is 0.0213. The Morgan fingerprint density at radius 1 is 1.21 bits per heavy atom. The maximum Gasteiger partial charge on any atom is 0.340 e. The van der Waals surface area contributed by atoms with Crippen molar-refractivity contribution in [3.8, 4) is 0 Å². The van der Waals surface area contributed by atoms with Gasteiger partial charge >= 0.3 is 5.97 Å². The van der Waals surface area contributed by atoms with Gasteiger partial charge in [-0.1, -0.05) is 36.0 Å². The number of anilines is 1. The standard InChI is InChI=1S/C24H25N3O5S/c1-2-31-23(30)18-10-4-6-12-20(18)25-21(28)15-33-24-26-19-11-5-3-9-17(19)22(29)27(24)14-16-8-7-13-32-16/h3-6,9-12,16H,2,7-8,13-15H2,1H3,(H,25,28). The second-order valence-corrected chi connectivity index (χ2v) is 8.51. The summed E-state index contributed by atoms with van der Waals surface area (Å²) in [5.41, 5.74) is 1.11. The van der Waals surface area contributed by atoms with Crippen molar-refractivity contribution >= 4 is 40.2 Å². The van der Waals surface area contributed by atoms with Gasteiger partial charge in [0.25, 0.3) is 5.56 Å². The van der Waals surface area contributed by atoms with E-state index in [-0.39, 0.29) is 35.5 Å². The molecule has 3 aromatic rings. The van der Waals surface area contributed by atoms with Gasteiger partial charge < -0.3 is 14.8 Å². The Morgan fingerprint density at radius 2 is 2.00 bits per heavy atom. The Balaban J connectivity index is 1.54. The average molecular weight is 468 g/mol. The molecule has 1 saturated heterocycles. The Labute approximate surface area is 195 Å². The van der Waals surface area contributed by atoms with Crippen LogP contribution in [0.3, 0.4) is 0 Å². The van der Waals surface area contributed by atoms with Crippen LogP contribution in [0, 0.1) is 0 Å². The molecule has 0 saturated carbocycles. The number of aromatic nitrogens is 2. The second-order valence-electron chi connectivity index (χ2n) is 7.57. The molecule has 1 unspecified atom stereocenters. The van der Waals surface area contributed by atoms with Crippen LogP contribution in [0.25, 0.3) is 10.9 Å². The van der Waals surface area contributed by atoms with E-state index < -0.39 is 5.97 Å². The molecule has 8 nitrogen and oxygen atoms in total. The number of carbonyl (C=O) groups is 2. The highest BCUT2D eigenvalue weighted by Gasteiger charge is 2.21. The first-order valence-electron chi connectivity index (χ1n) is 10.9. The molecule has 1 fully saturated rings. The molecule has 2 heterocycles. The Morgan fingerprint density at radius 3 is 2.79 bits per heavy atom. The van der Waals surface area contributed by atoms with Gasteiger partial charge in [0.05, 0.1) is 47.2 Å². The van der Waals surface area contributed by atoms with E-state index in [4.69, 9.17) is 9.47 Å². The second kappa shape index (κ2) is 10.6. The van der Waals surface area contributed by atoms with E-state index >= 15 is 0 Å². The molecule has 1 amide bonds. The van der Waals surface area contributed by atoms with Crippen LogP contribution in [0.5, 0.6) is 0 Å². The van der Waals surface area contributed by atoms with Crippen molar-refractivity contribution in [3.05, 3.63) is 64.4 Å². The molecule has 9 heteroatoms. The number of nitrogens with zero attached hydrogens (tertiary/aromatic N) is 2. The van der Waals surface area contributed by atoms with Crippen molar-refractivity contribution in [1.29, 1.82) is 0 Å². The van der Waals surface area contributed by atoms with Crippen LogP contribution < -0.4 is 10.9 Å². The summed E-state index contributed by atoms with van der Waals surface area (Å²) in [4.78, 5) is 42.7. The van der Waals surface area contributed by atoms with Gasteiger partial charge in [0.15, 0.2) is 5.16 Å². The fraction of sp³-hybridized carbons (Fsp3) is 0.333. The minimum Gasteiger partial charge on any atom is -0.462 e. The van der Waals surface area contributed by atoms with Crippen molar-refractivity contribution in [2.45, 2.75) is 37.6 Å². The molecule has 1 aromatic heterocycles. The van der Waals surface area contributed by atoms with Crippen molar-refractivity contribution in [3.63, 3.8) is 0 Å². The molecular formula is C24H25N3O5S. The summed E-state index contributed by atoms with van der Waals surface area (Å²) in [5.74, 6) is -0.793. The number of amides is 1. The number of benzene rings is 2. The summed E-state index contributed by atoms with van der Waals surface area (Å²) >= 11 is 1.18. The molecule has 4 rings (SSSR count). The Bertz CT molecular complexity index is 1220. The van der Waals surface area contributed by atoms with E-state index in [1.54, 1.807) is 47.9 Å². The number of hydrogen-bond donors (Lipinski definition) is 1. The average Bonchev–Trinajstić information content (AvgIpc) is 3.34. The van der Waals surface area contributed by atoms with Crippen molar-refractivity contribution in [2.24, 2.45) is 0 Å². The van der Waals surface area contributed by atoms with Crippen molar-refractivity contribution in [1.82, 2.24) is 9.55 Å². The van der Waals surface area contributed by atoms with Crippen LogP contribution in [-0.2, 0) is 20.8 Å². The zero-order valence-electron chi connectivity index (χ0n) is 18.3. The van der Waals surface area contributed by atoms with Crippen molar-refractivity contribution in [2.75, 3.05) is 24.3 Å². The summed E-state index contributed by atoms with van der Waals surface area (Å²) < 4.78 is 12.4. The van der Waals surface area contributed by atoms with Crippen molar-refractivity contribution < 1.29 is 19.1 Å². The SMILES string of the molecule is CCOC(=O)c1ccccc1NC(=O)CSc1nc2ccccc2c(=O)n1CC1CCCO1. The highest BCUT2D eigenvalue weighted by molar-refractivity contribution is 7.99. The maximum absolute atomic E-state index is 13.2. The van der Waals surface area contributed by atoms with Gasteiger partial charge in [0.2, 0.25) is 5.91 Å². The van der Waals surface area contributed by atoms with Gasteiger partial charge in [-0.15, -0.1) is 0 Å². The quantitative estimate of drug-likeness (QED) is 0.308. The van der Waals surface area contributed by atoms with Crippen LogP contribution in [0.1, 0.15) is 30.1 Å². The first kappa shape index (κ1) is 23.0. The van der Waals surface area contributed by atoms with Crippen LogP contribution in [0.15, 0.2) is 58.5 Å². The molecule has 0 aliphatic carbocycles. The minimum atomic E-state index is -0.498. The Hall–Kier alpha value is -3.17. The maximum atomic E-state index is 13.2. The number of rotatable bonds is 8. The third-order valence-electron chi connectivity index (χ3n) is 5.27. The molecule has 0 radical (unpaired) electrons. The third-order valence-corrected chi connectivity index (χ3v) is 6.24. The van der Waals surface area contributed by atoms with Gasteiger partial charge in [-0.3, -0.25) is 14.2 Å². The van der Waals surface area contributed by atoms with E-state index in [1.807, 2.05) is 12.1 Å². The summed E-state index contributed by atoms with van der Waals surface area (Å²) in [5, 5.41) is 3.76. The third kappa shape index (κ3) is 5.43. The molecule has 1 aliphatic heterocycles. The van der Waals surface area contributed by atoms with E-state index in [9.17, 15) is 14.4 Å². The number of para-hydroxylation sites is 2. The highest BCUT2D eigenvalue weighted by Crippen LogP contribution is 2.22. The normalized spacial score (nSPS) is 15.5. The molecule has 1 aliphatic rings. The van der Waals surface area contributed by atoms with E-state index in [0.29, 0.717) is 34.9 Å². The fourth-order valence-corrected chi connectivity index (χ4v) is 4.51. The lowest BCUT2D eigenvalue weighted by Gasteiger charge is -2.16. The fourth-order valence-electron chi connectivity index (χ4n) is 3.71. The highest BCUT2D eigenvalue weighted by atomic mass is 32.2. The number of carbonyl (C=O) groups excluding carboxylic acids is 2. The lowest BCUT2D eigenvalue weighted by Crippen LogP contribution is -2.29. The lowest BCUT2D eigenvalue weighted by atomic mass is 10.2.